The van der Waals surface area contributed by atoms with Crippen LogP contribution in [0.15, 0.2) is 35.1 Å². The first-order valence-corrected chi connectivity index (χ1v) is 4.99. The first-order chi connectivity index (χ1) is 7.72. The Morgan fingerprint density at radius 1 is 1.38 bits per heavy atom. The van der Waals surface area contributed by atoms with Gasteiger partial charge in [-0.05, 0) is 18.2 Å². The van der Waals surface area contributed by atoms with Crippen molar-refractivity contribution in [1.29, 1.82) is 0 Å². The van der Waals surface area contributed by atoms with E-state index in [9.17, 15) is 4.79 Å². The van der Waals surface area contributed by atoms with E-state index in [1.807, 2.05) is 24.3 Å². The maximum absolute atomic E-state index is 11.1. The number of nitrogens with zero attached hydrogens (tertiary/aromatic N) is 1. The van der Waals surface area contributed by atoms with Crippen molar-refractivity contribution < 1.29 is 4.74 Å². The molecule has 1 N–H and O–H groups in total. The maximum atomic E-state index is 11.1. The lowest BCUT2D eigenvalue weighted by Gasteiger charge is -2.06. The van der Waals surface area contributed by atoms with Crippen LogP contribution in [0.3, 0.4) is 0 Å². The minimum absolute atomic E-state index is 0.107. The topological polar surface area (TPSA) is 55.0 Å². The quantitative estimate of drug-likeness (QED) is 0.869. The molecule has 4 nitrogen and oxygen atoms in total. The third-order valence-corrected chi connectivity index (χ3v) is 2.42. The van der Waals surface area contributed by atoms with Gasteiger partial charge in [-0.3, -0.25) is 4.79 Å². The number of rotatable bonds is 2. The Bertz CT molecular complexity index is 566. The van der Waals surface area contributed by atoms with Crippen LogP contribution in [0.2, 0.25) is 5.02 Å². The third kappa shape index (κ3) is 1.92. The molecular formula is C11H9ClN2O2. The van der Waals surface area contributed by atoms with E-state index >= 15 is 0 Å². The largest absolute Gasteiger partial charge is 0.496 e. The second kappa shape index (κ2) is 4.37. The van der Waals surface area contributed by atoms with Gasteiger partial charge >= 0.3 is 0 Å². The summed E-state index contributed by atoms with van der Waals surface area (Å²) in [6, 6.07) is 8.89. The van der Waals surface area contributed by atoms with Crippen LogP contribution in [0.25, 0.3) is 11.3 Å². The van der Waals surface area contributed by atoms with Gasteiger partial charge in [-0.1, -0.05) is 23.7 Å². The minimum atomic E-state index is -0.402. The van der Waals surface area contributed by atoms with E-state index in [4.69, 9.17) is 16.3 Å². The predicted octanol–water partition coefficient (Wildman–Crippen LogP) is 2.10. The highest BCUT2D eigenvalue weighted by Crippen LogP contribution is 2.27. The smallest absolute Gasteiger partial charge is 0.282 e. The number of benzene rings is 1. The van der Waals surface area contributed by atoms with Crippen molar-refractivity contribution in [3.05, 3.63) is 45.7 Å². The van der Waals surface area contributed by atoms with E-state index in [1.165, 1.54) is 6.07 Å². The molecule has 0 aliphatic rings. The second-order valence-electron chi connectivity index (χ2n) is 3.13. The highest BCUT2D eigenvalue weighted by molar-refractivity contribution is 6.30. The van der Waals surface area contributed by atoms with Gasteiger partial charge in [0.2, 0.25) is 0 Å². The van der Waals surface area contributed by atoms with Crippen molar-refractivity contribution in [2.24, 2.45) is 0 Å². The van der Waals surface area contributed by atoms with Gasteiger partial charge in [-0.2, -0.15) is 5.10 Å². The van der Waals surface area contributed by atoms with Crippen LogP contribution in [0, 0.1) is 0 Å². The van der Waals surface area contributed by atoms with E-state index in [1.54, 1.807) is 7.11 Å². The van der Waals surface area contributed by atoms with Crippen molar-refractivity contribution in [2.75, 3.05) is 7.11 Å². The van der Waals surface area contributed by atoms with Gasteiger partial charge < -0.3 is 4.74 Å². The minimum Gasteiger partial charge on any atom is -0.496 e. The van der Waals surface area contributed by atoms with Gasteiger partial charge in [-0.15, -0.1) is 0 Å². The van der Waals surface area contributed by atoms with E-state index in [0.29, 0.717) is 11.4 Å². The van der Waals surface area contributed by atoms with Gasteiger partial charge in [-0.25, -0.2) is 5.10 Å². The summed E-state index contributed by atoms with van der Waals surface area (Å²) in [5, 5.41) is 6.35. The fourth-order valence-electron chi connectivity index (χ4n) is 1.38. The van der Waals surface area contributed by atoms with Gasteiger partial charge in [0, 0.05) is 5.56 Å². The molecule has 0 amide bonds. The van der Waals surface area contributed by atoms with Crippen LogP contribution in [0.4, 0.5) is 0 Å². The van der Waals surface area contributed by atoms with E-state index in [0.717, 1.165) is 5.56 Å². The highest BCUT2D eigenvalue weighted by atomic mass is 35.5. The fraction of sp³-hybridized carbons (Fsp3) is 0.0909. The number of para-hydroxylation sites is 1. The molecule has 1 aromatic carbocycles. The molecule has 0 radical (unpaired) electrons. The number of aromatic nitrogens is 2. The van der Waals surface area contributed by atoms with Crippen molar-refractivity contribution in [2.45, 2.75) is 0 Å². The van der Waals surface area contributed by atoms with Crippen molar-refractivity contribution in [1.82, 2.24) is 10.2 Å². The van der Waals surface area contributed by atoms with E-state index in [2.05, 4.69) is 10.2 Å². The summed E-state index contributed by atoms with van der Waals surface area (Å²) in [7, 11) is 1.58. The molecule has 0 aliphatic heterocycles. The monoisotopic (exact) mass is 236 g/mol. The Kier molecular flexibility index (Phi) is 2.92. The maximum Gasteiger partial charge on any atom is 0.282 e. The number of hydrogen-bond acceptors (Lipinski definition) is 3. The molecule has 0 spiro atoms. The molecule has 0 aliphatic carbocycles. The molecule has 1 aromatic heterocycles. The van der Waals surface area contributed by atoms with Crippen molar-refractivity contribution in [3.8, 4) is 17.0 Å². The zero-order valence-electron chi connectivity index (χ0n) is 8.53. The molecule has 2 rings (SSSR count). The van der Waals surface area contributed by atoms with Crippen molar-refractivity contribution in [3.63, 3.8) is 0 Å². The predicted molar refractivity (Wildman–Crippen MR) is 61.9 cm³/mol. The van der Waals surface area contributed by atoms with E-state index in [-0.39, 0.29) is 5.02 Å². The average molecular weight is 237 g/mol. The molecule has 16 heavy (non-hydrogen) atoms. The Morgan fingerprint density at radius 2 is 2.12 bits per heavy atom. The highest BCUT2D eigenvalue weighted by Gasteiger charge is 2.08. The lowest BCUT2D eigenvalue weighted by molar-refractivity contribution is 0.416. The number of hydrogen-bond donors (Lipinski definition) is 1. The standard InChI is InChI=1S/C11H9ClN2O2/c1-16-10-5-3-2-4-7(10)9-6-8(12)11(15)14-13-9/h2-6H,1H3,(H,14,15). The van der Waals surface area contributed by atoms with Gasteiger partial charge in [0.05, 0.1) is 12.8 Å². The van der Waals surface area contributed by atoms with Gasteiger partial charge in [0.1, 0.15) is 10.8 Å². The molecule has 0 fully saturated rings. The molecule has 0 atom stereocenters. The molecule has 0 unspecified atom stereocenters. The Hall–Kier alpha value is -1.81. The van der Waals surface area contributed by atoms with Crippen LogP contribution in [0.5, 0.6) is 5.75 Å². The number of nitrogens with one attached hydrogen (secondary N) is 1. The summed E-state index contributed by atoms with van der Waals surface area (Å²) in [6.45, 7) is 0. The van der Waals surface area contributed by atoms with Gasteiger partial charge in [0.25, 0.3) is 5.56 Å². The normalized spacial score (nSPS) is 10.1. The van der Waals surface area contributed by atoms with Gasteiger partial charge in [0.15, 0.2) is 0 Å². The van der Waals surface area contributed by atoms with Crippen LogP contribution < -0.4 is 10.3 Å². The molecule has 2 aromatic rings. The number of ether oxygens (including phenoxy) is 1. The molecule has 82 valence electrons. The Labute approximate surface area is 96.8 Å². The second-order valence-corrected chi connectivity index (χ2v) is 3.54. The summed E-state index contributed by atoms with van der Waals surface area (Å²) < 4.78 is 5.19. The first-order valence-electron chi connectivity index (χ1n) is 4.61. The molecule has 0 saturated heterocycles. The SMILES string of the molecule is COc1ccccc1-c1cc(Cl)c(=O)[nH]n1. The number of halogens is 1. The summed E-state index contributed by atoms with van der Waals surface area (Å²) in [4.78, 5) is 11.1. The number of aromatic amines is 1. The van der Waals surface area contributed by atoms with Crippen molar-refractivity contribution >= 4 is 11.6 Å². The summed E-state index contributed by atoms with van der Waals surface area (Å²) >= 11 is 5.73. The molecule has 0 saturated carbocycles. The number of methoxy groups -OCH3 is 1. The molecule has 5 heteroatoms. The lowest BCUT2D eigenvalue weighted by Crippen LogP contribution is -2.08. The molecule has 0 bridgehead atoms. The lowest BCUT2D eigenvalue weighted by atomic mass is 10.1. The Balaban J connectivity index is 2.58. The van der Waals surface area contributed by atoms with Crippen LogP contribution in [-0.2, 0) is 0 Å². The summed E-state index contributed by atoms with van der Waals surface area (Å²) in [6.07, 6.45) is 0. The Morgan fingerprint density at radius 3 is 2.81 bits per heavy atom. The summed E-state index contributed by atoms with van der Waals surface area (Å²) in [5.41, 5.74) is 0.950. The zero-order chi connectivity index (χ0) is 11.5. The van der Waals surface area contributed by atoms with Crippen LogP contribution in [-0.4, -0.2) is 17.3 Å². The van der Waals surface area contributed by atoms with E-state index < -0.39 is 5.56 Å². The fourth-order valence-corrected chi connectivity index (χ4v) is 1.52. The third-order valence-electron chi connectivity index (χ3n) is 2.14. The molecule has 1 heterocycles. The molecular weight excluding hydrogens is 228 g/mol. The summed E-state index contributed by atoms with van der Waals surface area (Å²) in [5.74, 6) is 0.679. The zero-order valence-corrected chi connectivity index (χ0v) is 9.28. The van der Waals surface area contributed by atoms with Crippen LogP contribution in [0.1, 0.15) is 0 Å². The van der Waals surface area contributed by atoms with Crippen LogP contribution >= 0.6 is 11.6 Å². The number of H-pyrrole nitrogens is 1. The average Bonchev–Trinajstić information content (AvgIpc) is 2.32. The first kappa shape index (κ1) is 10.7.